The van der Waals surface area contributed by atoms with Crippen LogP contribution in [0.1, 0.15) is 73.6 Å². The van der Waals surface area contributed by atoms with Gasteiger partial charge in [0.25, 0.3) is 0 Å². The third-order valence-electron chi connectivity index (χ3n) is 8.89. The molecule has 0 aliphatic rings. The van der Waals surface area contributed by atoms with Crippen LogP contribution in [0.5, 0.6) is 0 Å². The van der Waals surface area contributed by atoms with E-state index in [1.165, 1.54) is 22.3 Å². The Kier molecular flexibility index (Phi) is 19.7. The van der Waals surface area contributed by atoms with Gasteiger partial charge in [-0.15, -0.1) is 0 Å². The summed E-state index contributed by atoms with van der Waals surface area (Å²) in [5.74, 6) is 26.0. The number of hydrogen-bond acceptors (Lipinski definition) is 0. The van der Waals surface area contributed by atoms with Crippen LogP contribution in [0.3, 0.4) is 0 Å². The molecule has 4 aromatic carbocycles. The van der Waals surface area contributed by atoms with Gasteiger partial charge < -0.3 is 0 Å². The van der Waals surface area contributed by atoms with Crippen LogP contribution >= 0.6 is 31.9 Å². The second-order valence-corrected chi connectivity index (χ2v) is 15.1. The standard InChI is InChI=1S/C38H34N2.C16H16Br2/c1-7-20-35(21-8-1)37-24-14-28-39(31-37)26-11-3-5-16-33-18-13-19-34(30-33)17-6-4-12-27-40-29-15-25-38(32-40)36-22-9-2-10-23-36;17-12-5-1-3-8-15-10-7-11-16(14-15)9-4-2-6-13-18/h1-2,7-10,13-15,18-25,28-32H,3-4,11-12,26-27H2;7,10-11,14H,1-2,5-6,12-13H2/q+2;. The van der Waals surface area contributed by atoms with Crippen molar-refractivity contribution in [2.75, 3.05) is 10.7 Å². The van der Waals surface area contributed by atoms with Crippen molar-refractivity contribution in [3.63, 3.8) is 0 Å². The minimum absolute atomic E-state index is 0.863. The largest absolute Gasteiger partial charge is 0.204 e. The molecule has 0 bridgehead atoms. The number of halogens is 2. The van der Waals surface area contributed by atoms with Crippen molar-refractivity contribution >= 4 is 31.9 Å². The Morgan fingerprint density at radius 2 is 0.707 bits per heavy atom. The van der Waals surface area contributed by atoms with Gasteiger partial charge in [-0.2, -0.15) is 0 Å². The summed E-state index contributed by atoms with van der Waals surface area (Å²) in [7, 11) is 0. The Morgan fingerprint density at radius 1 is 0.362 bits per heavy atom. The normalized spacial score (nSPS) is 9.83. The average molecular weight is 887 g/mol. The molecule has 0 saturated carbocycles. The molecule has 6 aromatic rings. The van der Waals surface area contributed by atoms with Gasteiger partial charge in [0.2, 0.25) is 0 Å². The van der Waals surface area contributed by atoms with Gasteiger partial charge >= 0.3 is 0 Å². The second-order valence-electron chi connectivity index (χ2n) is 13.6. The number of aryl methyl sites for hydroxylation is 2. The van der Waals surface area contributed by atoms with E-state index in [4.69, 9.17) is 0 Å². The first-order valence-corrected chi connectivity index (χ1v) is 22.3. The molecule has 0 N–H and O–H groups in total. The van der Waals surface area contributed by atoms with E-state index in [0.29, 0.717) is 0 Å². The van der Waals surface area contributed by atoms with E-state index in [-0.39, 0.29) is 0 Å². The first-order chi connectivity index (χ1) is 28.7. The maximum absolute atomic E-state index is 3.40. The zero-order valence-corrected chi connectivity index (χ0v) is 36.3. The fraction of sp³-hybridized carbons (Fsp3) is 0.222. The maximum atomic E-state index is 3.40. The molecule has 2 nitrogen and oxygen atoms in total. The second kappa shape index (κ2) is 26.3. The van der Waals surface area contributed by atoms with E-state index in [0.717, 1.165) is 97.4 Å². The van der Waals surface area contributed by atoms with Crippen LogP contribution in [0.25, 0.3) is 22.3 Å². The van der Waals surface area contributed by atoms with Crippen molar-refractivity contribution in [2.24, 2.45) is 0 Å². The Morgan fingerprint density at radius 3 is 1.07 bits per heavy atom. The van der Waals surface area contributed by atoms with Gasteiger partial charge in [0, 0.05) is 94.7 Å². The molecule has 2 aromatic heterocycles. The summed E-state index contributed by atoms with van der Waals surface area (Å²) < 4.78 is 4.50. The lowest BCUT2D eigenvalue weighted by atomic mass is 10.1. The van der Waals surface area contributed by atoms with Gasteiger partial charge in [0.15, 0.2) is 24.8 Å². The minimum atomic E-state index is 0.863. The van der Waals surface area contributed by atoms with E-state index in [1.54, 1.807) is 0 Å². The number of hydrogen-bond donors (Lipinski definition) is 0. The molecule has 0 spiro atoms. The topological polar surface area (TPSA) is 7.76 Å². The molecular weight excluding hydrogens is 836 g/mol. The van der Waals surface area contributed by atoms with Crippen molar-refractivity contribution in [3.05, 3.63) is 181 Å². The fourth-order valence-electron chi connectivity index (χ4n) is 5.94. The van der Waals surface area contributed by atoms with Crippen molar-refractivity contribution in [3.8, 4) is 69.6 Å². The lowest BCUT2D eigenvalue weighted by Gasteiger charge is -2.00. The Balaban J connectivity index is 0.000000299. The zero-order valence-electron chi connectivity index (χ0n) is 33.1. The van der Waals surface area contributed by atoms with Crippen LogP contribution in [0, 0.1) is 47.4 Å². The number of benzene rings is 4. The number of aromatic nitrogens is 2. The quantitative estimate of drug-likeness (QED) is 0.0501. The minimum Gasteiger partial charge on any atom is -0.204 e. The molecule has 58 heavy (non-hydrogen) atoms. The summed E-state index contributed by atoms with van der Waals surface area (Å²) in [5, 5.41) is 2.03. The predicted molar refractivity (Wildman–Crippen MR) is 249 cm³/mol. The summed E-state index contributed by atoms with van der Waals surface area (Å²) in [5.41, 5.74) is 9.12. The van der Waals surface area contributed by atoms with Crippen molar-refractivity contribution in [2.45, 2.75) is 64.5 Å². The van der Waals surface area contributed by atoms with E-state index in [2.05, 4.69) is 222 Å². The number of unbranched alkanes of at least 4 members (excludes halogenated alkanes) is 4. The Bertz CT molecular complexity index is 2250. The molecule has 4 heteroatoms. The molecule has 0 unspecified atom stereocenters. The molecule has 0 radical (unpaired) electrons. The molecule has 0 amide bonds. The Labute approximate surface area is 364 Å². The third-order valence-corrected chi connectivity index (χ3v) is 10.0. The molecule has 2 heterocycles. The van der Waals surface area contributed by atoms with Crippen LogP contribution < -0.4 is 9.13 Å². The smallest absolute Gasteiger partial charge is 0.176 e. The summed E-state index contributed by atoms with van der Waals surface area (Å²) in [6, 6.07) is 46.0. The fourth-order valence-corrected chi connectivity index (χ4v) is 6.50. The molecule has 0 saturated heterocycles. The molecule has 0 atom stereocenters. The van der Waals surface area contributed by atoms with Crippen molar-refractivity contribution in [1.82, 2.24) is 0 Å². The first kappa shape index (κ1) is 43.5. The highest BCUT2D eigenvalue weighted by Crippen LogP contribution is 2.17. The third kappa shape index (κ3) is 16.5. The van der Waals surface area contributed by atoms with Gasteiger partial charge in [-0.25, -0.2) is 9.13 Å². The summed E-state index contributed by atoms with van der Waals surface area (Å²) >= 11 is 6.80. The highest BCUT2D eigenvalue weighted by Gasteiger charge is 2.05. The van der Waals surface area contributed by atoms with Gasteiger partial charge in [-0.3, -0.25) is 0 Å². The summed E-state index contributed by atoms with van der Waals surface area (Å²) in [6.45, 7) is 1.91. The van der Waals surface area contributed by atoms with Gasteiger partial charge in [0.1, 0.15) is 13.1 Å². The molecule has 0 fully saturated rings. The average Bonchev–Trinajstić information content (AvgIpc) is 3.28. The van der Waals surface area contributed by atoms with Crippen LogP contribution in [0.4, 0.5) is 0 Å². The first-order valence-electron chi connectivity index (χ1n) is 20.1. The molecular formula is C54H50Br2N2+2. The van der Waals surface area contributed by atoms with E-state index >= 15 is 0 Å². The van der Waals surface area contributed by atoms with Gasteiger partial charge in [-0.1, -0.05) is 152 Å². The number of pyridine rings is 2. The lowest BCUT2D eigenvalue weighted by molar-refractivity contribution is -0.696. The summed E-state index contributed by atoms with van der Waals surface area (Å²) in [4.78, 5) is 0. The van der Waals surface area contributed by atoms with Crippen LogP contribution in [-0.4, -0.2) is 10.7 Å². The zero-order chi connectivity index (χ0) is 40.3. The van der Waals surface area contributed by atoms with Gasteiger partial charge in [0.05, 0.1) is 0 Å². The molecule has 0 aliphatic carbocycles. The predicted octanol–water partition coefficient (Wildman–Crippen LogP) is 12.0. The highest BCUT2D eigenvalue weighted by atomic mass is 79.9. The number of alkyl halides is 2. The monoisotopic (exact) mass is 884 g/mol. The summed E-state index contributed by atoms with van der Waals surface area (Å²) in [6.07, 6.45) is 16.5. The Hall–Kier alpha value is -5.62. The van der Waals surface area contributed by atoms with Crippen LogP contribution in [0.2, 0.25) is 0 Å². The molecule has 288 valence electrons. The highest BCUT2D eigenvalue weighted by molar-refractivity contribution is 9.09. The van der Waals surface area contributed by atoms with Crippen LogP contribution in [0.15, 0.2) is 158 Å². The molecule has 6 rings (SSSR count). The van der Waals surface area contributed by atoms with Crippen molar-refractivity contribution in [1.29, 1.82) is 0 Å². The SMILES string of the molecule is BrCCCC#Cc1cccc(C#CCCCBr)c1.C(#Cc1cccc(C#CCCC[n+]2cccc(-c3ccccc3)c2)c1)CCC[n+]1cccc(-c2ccccc2)c1. The van der Waals surface area contributed by atoms with Gasteiger partial charge in [-0.05, 0) is 72.5 Å². The molecule has 0 aliphatic heterocycles. The van der Waals surface area contributed by atoms with E-state index < -0.39 is 0 Å². The van der Waals surface area contributed by atoms with E-state index in [1.807, 2.05) is 24.3 Å². The number of nitrogens with zero attached hydrogens (tertiary/aromatic N) is 2. The van der Waals surface area contributed by atoms with Crippen LogP contribution in [-0.2, 0) is 13.1 Å². The lowest BCUT2D eigenvalue weighted by Crippen LogP contribution is -2.32. The maximum Gasteiger partial charge on any atom is 0.176 e. The van der Waals surface area contributed by atoms with Crippen molar-refractivity contribution < 1.29 is 9.13 Å². The van der Waals surface area contributed by atoms with E-state index in [9.17, 15) is 0 Å². The number of rotatable bonds is 12.